The minimum Gasteiger partial charge on any atom is -0.382 e. The lowest BCUT2D eigenvalue weighted by atomic mass is 9.62. The minimum atomic E-state index is 0.193. The van der Waals surface area contributed by atoms with Gasteiger partial charge in [0.2, 0.25) is 0 Å². The molecule has 0 aromatic heterocycles. The molecule has 0 amide bonds. The molecule has 4 aliphatic rings. The quantitative estimate of drug-likeness (QED) is 0.719. The molecule has 0 radical (unpaired) electrons. The molecule has 98 valence electrons. The maximum atomic E-state index is 12.2. The van der Waals surface area contributed by atoms with Gasteiger partial charge in [-0.2, -0.15) is 0 Å². The molecule has 0 spiro atoms. The predicted molar refractivity (Wildman–Crippen MR) is 75.2 cm³/mol. The molecular weight excluding hydrogens is 234 g/mol. The Bertz CT molecular complexity index is 539. The summed E-state index contributed by atoms with van der Waals surface area (Å²) in [6.07, 6.45) is 16.1. The van der Waals surface area contributed by atoms with Gasteiger partial charge in [0, 0.05) is 23.5 Å². The molecular formula is C17H19NO. The molecule has 1 heterocycles. The first-order valence-electron chi connectivity index (χ1n) is 7.29. The monoisotopic (exact) mass is 253 g/mol. The van der Waals surface area contributed by atoms with Crippen molar-refractivity contribution in [3.63, 3.8) is 0 Å². The highest BCUT2D eigenvalue weighted by atomic mass is 16.1. The Balaban J connectivity index is 1.77. The van der Waals surface area contributed by atoms with Gasteiger partial charge in [-0.25, -0.2) is 0 Å². The molecule has 2 nitrogen and oxygen atoms in total. The third-order valence-corrected chi connectivity index (χ3v) is 5.24. The highest BCUT2D eigenvalue weighted by Crippen LogP contribution is 2.50. The summed E-state index contributed by atoms with van der Waals surface area (Å²) in [5.74, 6) is 2.38. The van der Waals surface area contributed by atoms with Crippen LogP contribution < -0.4 is 5.32 Å². The van der Waals surface area contributed by atoms with Crippen LogP contribution in [0.4, 0.5) is 0 Å². The lowest BCUT2D eigenvalue weighted by Crippen LogP contribution is -2.40. The zero-order valence-corrected chi connectivity index (χ0v) is 11.1. The van der Waals surface area contributed by atoms with Crippen molar-refractivity contribution in [2.75, 3.05) is 0 Å². The maximum absolute atomic E-state index is 12.2. The van der Waals surface area contributed by atoms with Crippen molar-refractivity contribution in [3.05, 3.63) is 48.2 Å². The zero-order valence-electron chi connectivity index (χ0n) is 11.1. The SMILES string of the molecule is CC1C=C2NC3C=CC=CC3C2C2CC=CC(=O)C12. The summed E-state index contributed by atoms with van der Waals surface area (Å²) in [4.78, 5) is 12.2. The topological polar surface area (TPSA) is 29.1 Å². The molecule has 6 atom stereocenters. The van der Waals surface area contributed by atoms with Gasteiger partial charge in [0.05, 0.1) is 6.04 Å². The van der Waals surface area contributed by atoms with E-state index in [2.05, 4.69) is 48.7 Å². The van der Waals surface area contributed by atoms with E-state index in [1.165, 1.54) is 5.70 Å². The van der Waals surface area contributed by atoms with E-state index in [1.54, 1.807) is 6.08 Å². The van der Waals surface area contributed by atoms with E-state index < -0.39 is 0 Å². The summed E-state index contributed by atoms with van der Waals surface area (Å²) >= 11 is 0. The van der Waals surface area contributed by atoms with Crippen LogP contribution in [0.1, 0.15) is 13.3 Å². The number of hydrogen-bond donors (Lipinski definition) is 1. The van der Waals surface area contributed by atoms with E-state index in [0.717, 1.165) is 6.42 Å². The number of hydrogen-bond acceptors (Lipinski definition) is 2. The first-order valence-corrected chi connectivity index (χ1v) is 7.29. The third-order valence-electron chi connectivity index (χ3n) is 5.24. The van der Waals surface area contributed by atoms with Gasteiger partial charge in [-0.05, 0) is 24.3 Å². The summed E-state index contributed by atoms with van der Waals surface area (Å²) in [6.45, 7) is 2.19. The number of fused-ring (bicyclic) bond motifs is 5. The summed E-state index contributed by atoms with van der Waals surface area (Å²) < 4.78 is 0. The van der Waals surface area contributed by atoms with Gasteiger partial charge in [0.1, 0.15) is 0 Å². The first-order chi connectivity index (χ1) is 9.25. The Labute approximate surface area is 114 Å². The lowest BCUT2D eigenvalue weighted by Gasteiger charge is -2.40. The largest absolute Gasteiger partial charge is 0.382 e. The van der Waals surface area contributed by atoms with E-state index in [0.29, 0.717) is 35.5 Å². The van der Waals surface area contributed by atoms with E-state index in [4.69, 9.17) is 0 Å². The van der Waals surface area contributed by atoms with Crippen molar-refractivity contribution >= 4 is 5.78 Å². The summed E-state index contributed by atoms with van der Waals surface area (Å²) in [7, 11) is 0. The van der Waals surface area contributed by atoms with E-state index in [9.17, 15) is 4.79 Å². The number of ketones is 1. The fraction of sp³-hybridized carbons (Fsp3) is 0.471. The van der Waals surface area contributed by atoms with Crippen LogP contribution in [-0.4, -0.2) is 11.8 Å². The molecule has 0 bridgehead atoms. The highest BCUT2D eigenvalue weighted by molar-refractivity contribution is 5.93. The average molecular weight is 253 g/mol. The van der Waals surface area contributed by atoms with Crippen molar-refractivity contribution in [1.82, 2.24) is 5.32 Å². The molecule has 1 fully saturated rings. The summed E-state index contributed by atoms with van der Waals surface area (Å²) in [5.41, 5.74) is 1.38. The molecule has 6 unspecified atom stereocenters. The Hall–Kier alpha value is -1.57. The van der Waals surface area contributed by atoms with Crippen LogP contribution in [-0.2, 0) is 4.79 Å². The third kappa shape index (κ3) is 1.52. The van der Waals surface area contributed by atoms with Crippen LogP contribution in [0.25, 0.3) is 0 Å². The van der Waals surface area contributed by atoms with Crippen molar-refractivity contribution in [2.24, 2.45) is 29.6 Å². The number of allylic oxidation sites excluding steroid dienone is 6. The summed E-state index contributed by atoms with van der Waals surface area (Å²) in [6, 6.07) is 0.424. The summed E-state index contributed by atoms with van der Waals surface area (Å²) in [5, 5.41) is 3.66. The van der Waals surface area contributed by atoms with Gasteiger partial charge in [-0.1, -0.05) is 43.4 Å². The average Bonchev–Trinajstić information content (AvgIpc) is 2.76. The molecule has 1 N–H and O–H groups in total. The second-order valence-corrected chi connectivity index (χ2v) is 6.25. The van der Waals surface area contributed by atoms with Crippen LogP contribution in [0.5, 0.6) is 0 Å². The van der Waals surface area contributed by atoms with Crippen molar-refractivity contribution in [3.8, 4) is 0 Å². The number of rotatable bonds is 0. The van der Waals surface area contributed by atoms with Gasteiger partial charge in [-0.3, -0.25) is 4.79 Å². The van der Waals surface area contributed by atoms with E-state index >= 15 is 0 Å². The Kier molecular flexibility index (Phi) is 2.35. The highest BCUT2D eigenvalue weighted by Gasteiger charge is 2.49. The standard InChI is InChI=1S/C17H19NO/c1-10-9-14-17(11-5-2-3-7-13(11)18-14)12-6-4-8-15(19)16(10)12/h2-5,7-13,16-18H,6H2,1H3. The maximum Gasteiger partial charge on any atom is 0.159 e. The molecule has 0 aromatic rings. The van der Waals surface area contributed by atoms with Crippen LogP contribution in [0.2, 0.25) is 0 Å². The molecule has 0 aromatic carbocycles. The van der Waals surface area contributed by atoms with E-state index in [1.807, 2.05) is 0 Å². The van der Waals surface area contributed by atoms with Crippen LogP contribution >= 0.6 is 0 Å². The van der Waals surface area contributed by atoms with Gasteiger partial charge < -0.3 is 5.32 Å². The fourth-order valence-electron chi connectivity index (χ4n) is 4.50. The predicted octanol–water partition coefficient (Wildman–Crippen LogP) is 2.61. The molecule has 0 saturated carbocycles. The number of nitrogens with one attached hydrogen (secondary N) is 1. The van der Waals surface area contributed by atoms with Gasteiger partial charge >= 0.3 is 0 Å². The molecule has 4 rings (SSSR count). The van der Waals surface area contributed by atoms with Crippen LogP contribution in [0.3, 0.4) is 0 Å². The molecule has 1 saturated heterocycles. The van der Waals surface area contributed by atoms with Gasteiger partial charge in [0.15, 0.2) is 5.78 Å². The Morgan fingerprint density at radius 1 is 1.21 bits per heavy atom. The zero-order chi connectivity index (χ0) is 13.0. The van der Waals surface area contributed by atoms with Crippen molar-refractivity contribution in [1.29, 1.82) is 0 Å². The molecule has 3 aliphatic carbocycles. The minimum absolute atomic E-state index is 0.193. The van der Waals surface area contributed by atoms with Gasteiger partial charge in [0.25, 0.3) is 0 Å². The van der Waals surface area contributed by atoms with Gasteiger partial charge in [-0.15, -0.1) is 0 Å². The Morgan fingerprint density at radius 3 is 2.95 bits per heavy atom. The molecule has 2 heteroatoms. The number of carbonyl (C=O) groups is 1. The number of carbonyl (C=O) groups excluding carboxylic acids is 1. The smallest absolute Gasteiger partial charge is 0.159 e. The normalized spacial score (nSPS) is 46.2. The van der Waals surface area contributed by atoms with Crippen molar-refractivity contribution < 1.29 is 4.79 Å². The van der Waals surface area contributed by atoms with Crippen LogP contribution in [0, 0.1) is 29.6 Å². The van der Waals surface area contributed by atoms with Crippen molar-refractivity contribution in [2.45, 2.75) is 19.4 Å². The second-order valence-electron chi connectivity index (χ2n) is 6.25. The van der Waals surface area contributed by atoms with E-state index in [-0.39, 0.29) is 5.92 Å². The molecule has 19 heavy (non-hydrogen) atoms. The van der Waals surface area contributed by atoms with Crippen LogP contribution in [0.15, 0.2) is 48.2 Å². The first kappa shape index (κ1) is 11.3. The molecule has 1 aliphatic heterocycles. The lowest BCUT2D eigenvalue weighted by molar-refractivity contribution is -0.122. The Morgan fingerprint density at radius 2 is 2.05 bits per heavy atom. The second kappa shape index (κ2) is 3.96. The fourth-order valence-corrected chi connectivity index (χ4v) is 4.50.